The molecular formula is C33H48N4O4. The van der Waals surface area contributed by atoms with Gasteiger partial charge < -0.3 is 25.6 Å². The second-order valence-electron chi connectivity index (χ2n) is 11.2. The van der Waals surface area contributed by atoms with Crippen LogP contribution in [0.4, 0.5) is 0 Å². The van der Waals surface area contributed by atoms with Crippen LogP contribution in [0, 0.1) is 11.8 Å². The lowest BCUT2D eigenvalue weighted by Gasteiger charge is -2.36. The number of ether oxygens (including phenoxy) is 1. The van der Waals surface area contributed by atoms with Crippen LogP contribution in [0.3, 0.4) is 0 Å². The van der Waals surface area contributed by atoms with Gasteiger partial charge in [0, 0.05) is 26.6 Å². The van der Waals surface area contributed by atoms with Gasteiger partial charge in [-0.05, 0) is 41.9 Å². The molecule has 0 aromatic heterocycles. The molecular weight excluding hydrogens is 516 g/mol. The maximum atomic E-state index is 13.9. The van der Waals surface area contributed by atoms with Gasteiger partial charge in [-0.3, -0.25) is 14.4 Å². The first-order chi connectivity index (χ1) is 19.8. The van der Waals surface area contributed by atoms with Gasteiger partial charge in [0.15, 0.2) is 0 Å². The maximum Gasteiger partial charge on any atom is 0.243 e. The van der Waals surface area contributed by atoms with Crippen LogP contribution in [0.1, 0.15) is 58.1 Å². The first-order valence-corrected chi connectivity index (χ1v) is 15.1. The molecule has 0 fully saturated rings. The molecule has 0 saturated carbocycles. The zero-order valence-corrected chi connectivity index (χ0v) is 25.3. The number of benzene rings is 2. The molecule has 41 heavy (non-hydrogen) atoms. The summed E-state index contributed by atoms with van der Waals surface area (Å²) in [5.74, 6) is 0.0886. The molecule has 5 atom stereocenters. The summed E-state index contributed by atoms with van der Waals surface area (Å²) < 4.78 is 6.12. The molecule has 3 rings (SSSR count). The Labute approximate surface area is 245 Å². The van der Waals surface area contributed by atoms with Crippen molar-refractivity contribution in [3.63, 3.8) is 0 Å². The minimum atomic E-state index is -0.766. The Morgan fingerprint density at radius 3 is 2.29 bits per heavy atom. The molecule has 8 nitrogen and oxygen atoms in total. The van der Waals surface area contributed by atoms with Crippen LogP contribution < -0.4 is 20.7 Å². The van der Waals surface area contributed by atoms with Crippen molar-refractivity contribution in [2.45, 2.75) is 77.9 Å². The van der Waals surface area contributed by atoms with Gasteiger partial charge in [0.2, 0.25) is 17.7 Å². The summed E-state index contributed by atoms with van der Waals surface area (Å²) in [6.07, 6.45) is 3.35. The Bertz CT molecular complexity index is 1130. The quantitative estimate of drug-likeness (QED) is 0.497. The molecule has 8 heteroatoms. The van der Waals surface area contributed by atoms with Gasteiger partial charge in [-0.2, -0.15) is 0 Å². The summed E-state index contributed by atoms with van der Waals surface area (Å²) in [6.45, 7) is 9.47. The summed E-state index contributed by atoms with van der Waals surface area (Å²) in [7, 11) is 1.70. The third-order valence-electron chi connectivity index (χ3n) is 8.23. The minimum absolute atomic E-state index is 0.0556. The average Bonchev–Trinajstić information content (AvgIpc) is 2.98. The molecule has 1 aliphatic heterocycles. The number of amides is 3. The molecule has 0 aliphatic carbocycles. The van der Waals surface area contributed by atoms with Crippen molar-refractivity contribution in [3.05, 3.63) is 65.7 Å². The number of nitrogens with one attached hydrogen (secondary N) is 3. The van der Waals surface area contributed by atoms with Crippen molar-refractivity contribution >= 4 is 17.7 Å². The Morgan fingerprint density at radius 2 is 1.59 bits per heavy atom. The topological polar surface area (TPSA) is 99.8 Å². The zero-order valence-electron chi connectivity index (χ0n) is 25.3. The summed E-state index contributed by atoms with van der Waals surface area (Å²) in [6, 6.07) is 15.7. The van der Waals surface area contributed by atoms with Gasteiger partial charge >= 0.3 is 0 Å². The van der Waals surface area contributed by atoms with Crippen molar-refractivity contribution in [1.82, 2.24) is 20.9 Å². The number of fused-ring (bicyclic) bond motifs is 1. The van der Waals surface area contributed by atoms with Crippen LogP contribution in [0.5, 0.6) is 5.75 Å². The van der Waals surface area contributed by atoms with E-state index in [1.54, 1.807) is 11.9 Å². The molecule has 0 spiro atoms. The molecule has 1 heterocycles. The van der Waals surface area contributed by atoms with E-state index in [0.717, 1.165) is 36.1 Å². The van der Waals surface area contributed by atoms with Gasteiger partial charge in [0.05, 0.1) is 6.04 Å². The van der Waals surface area contributed by atoms with Crippen molar-refractivity contribution in [3.8, 4) is 5.75 Å². The second kappa shape index (κ2) is 16.2. The summed E-state index contributed by atoms with van der Waals surface area (Å²) in [4.78, 5) is 42.8. The average molecular weight is 565 g/mol. The van der Waals surface area contributed by atoms with Gasteiger partial charge in [0.1, 0.15) is 24.4 Å². The standard InChI is InChI=1S/C33H48N4O4/c1-6-23(3)29-33(40)37(5)30(24(4)7-2)32(39)36-27(22-25-14-9-8-10-15-25)31(38)35-19-13-17-26-16-11-12-18-28(26)41-21-20-34-29/h8-12,14-16,18,23-24,27,29-30,34H,6-7,13,17,19-22H2,1-5H3,(H,35,38)(H,36,39)/t23-,24-,27+,29-,30-/m0/s1. The van der Waals surface area contributed by atoms with E-state index >= 15 is 0 Å². The largest absolute Gasteiger partial charge is 0.492 e. The van der Waals surface area contributed by atoms with Gasteiger partial charge in [-0.25, -0.2) is 0 Å². The summed E-state index contributed by atoms with van der Waals surface area (Å²) in [5.41, 5.74) is 2.02. The van der Waals surface area contributed by atoms with E-state index in [1.807, 2.05) is 75.4 Å². The van der Waals surface area contributed by atoms with Crippen LogP contribution in [0.25, 0.3) is 0 Å². The van der Waals surface area contributed by atoms with Crippen LogP contribution in [-0.2, 0) is 27.2 Å². The highest BCUT2D eigenvalue weighted by molar-refractivity contribution is 5.93. The predicted molar refractivity (Wildman–Crippen MR) is 163 cm³/mol. The van der Waals surface area contributed by atoms with E-state index < -0.39 is 18.1 Å². The third kappa shape index (κ3) is 9.05. The first-order valence-electron chi connectivity index (χ1n) is 15.1. The number of hydrogen-bond donors (Lipinski definition) is 3. The molecule has 2 aromatic rings. The molecule has 0 saturated heterocycles. The number of likely N-dealkylation sites (N-methyl/N-ethyl adjacent to an activating group) is 1. The molecule has 0 radical (unpaired) electrons. The third-order valence-corrected chi connectivity index (χ3v) is 8.23. The summed E-state index contributed by atoms with van der Waals surface area (Å²) >= 11 is 0. The molecule has 3 amide bonds. The molecule has 224 valence electrons. The highest BCUT2D eigenvalue weighted by Crippen LogP contribution is 2.21. The second-order valence-corrected chi connectivity index (χ2v) is 11.2. The Hall–Kier alpha value is -3.39. The van der Waals surface area contributed by atoms with Crippen LogP contribution >= 0.6 is 0 Å². The van der Waals surface area contributed by atoms with E-state index in [9.17, 15) is 14.4 Å². The number of hydrogen-bond acceptors (Lipinski definition) is 5. The Kier molecular flexibility index (Phi) is 12.7. The lowest BCUT2D eigenvalue weighted by atomic mass is 9.93. The van der Waals surface area contributed by atoms with Crippen LogP contribution in [0.15, 0.2) is 54.6 Å². The maximum absolute atomic E-state index is 13.9. The number of rotatable bonds is 6. The van der Waals surface area contributed by atoms with Crippen molar-refractivity contribution in [2.24, 2.45) is 11.8 Å². The fraction of sp³-hybridized carbons (Fsp3) is 0.545. The first kappa shape index (κ1) is 32.1. The molecule has 1 aliphatic rings. The van der Waals surface area contributed by atoms with Crippen molar-refractivity contribution in [2.75, 3.05) is 26.7 Å². The smallest absolute Gasteiger partial charge is 0.243 e. The van der Waals surface area contributed by atoms with E-state index in [1.165, 1.54) is 0 Å². The van der Waals surface area contributed by atoms with Gasteiger partial charge in [0.25, 0.3) is 0 Å². The minimum Gasteiger partial charge on any atom is -0.492 e. The predicted octanol–water partition coefficient (Wildman–Crippen LogP) is 3.73. The normalized spacial score (nSPS) is 23.2. The fourth-order valence-electron chi connectivity index (χ4n) is 5.32. The van der Waals surface area contributed by atoms with Crippen molar-refractivity contribution in [1.29, 1.82) is 0 Å². The van der Waals surface area contributed by atoms with Crippen molar-refractivity contribution < 1.29 is 19.1 Å². The highest BCUT2D eigenvalue weighted by Gasteiger charge is 2.37. The Balaban J connectivity index is 1.94. The highest BCUT2D eigenvalue weighted by atomic mass is 16.5. The molecule has 0 unspecified atom stereocenters. The number of carbonyl (C=O) groups excluding carboxylic acids is 3. The van der Waals surface area contributed by atoms with E-state index in [4.69, 9.17) is 4.74 Å². The summed E-state index contributed by atoms with van der Waals surface area (Å²) in [5, 5.41) is 9.47. The Morgan fingerprint density at radius 1 is 0.902 bits per heavy atom. The van der Waals surface area contributed by atoms with Gasteiger partial charge in [-0.1, -0.05) is 89.1 Å². The number of carbonyl (C=O) groups is 3. The molecule has 3 N–H and O–H groups in total. The zero-order chi connectivity index (χ0) is 29.8. The van der Waals surface area contributed by atoms with E-state index in [2.05, 4.69) is 22.9 Å². The molecule has 2 aromatic carbocycles. The lowest BCUT2D eigenvalue weighted by Crippen LogP contribution is -2.59. The van der Waals surface area contributed by atoms with E-state index in [0.29, 0.717) is 32.5 Å². The number of aryl methyl sites for hydroxylation is 1. The fourth-order valence-corrected chi connectivity index (χ4v) is 5.32. The molecule has 0 bridgehead atoms. The lowest BCUT2D eigenvalue weighted by molar-refractivity contribution is -0.144. The van der Waals surface area contributed by atoms with Crippen LogP contribution in [0.2, 0.25) is 0 Å². The number of para-hydroxylation sites is 1. The SMILES string of the molecule is CC[C@H](C)[C@@H]1NCCOc2ccccc2CCCNC(=O)[C@@H](Cc2ccccc2)NC(=O)[C@H]([C@@H](C)CC)N(C)C1=O. The van der Waals surface area contributed by atoms with Crippen LogP contribution in [-0.4, -0.2) is 67.5 Å². The van der Waals surface area contributed by atoms with E-state index in [-0.39, 0.29) is 29.6 Å². The monoisotopic (exact) mass is 564 g/mol. The van der Waals surface area contributed by atoms with Gasteiger partial charge in [-0.15, -0.1) is 0 Å². The number of nitrogens with zero attached hydrogens (tertiary/aromatic N) is 1.